The van der Waals surface area contributed by atoms with Gasteiger partial charge in [0.15, 0.2) is 0 Å². The summed E-state index contributed by atoms with van der Waals surface area (Å²) in [6.07, 6.45) is 1.47. The van der Waals surface area contributed by atoms with Crippen molar-refractivity contribution in [1.29, 1.82) is 0 Å². The van der Waals surface area contributed by atoms with Gasteiger partial charge in [-0.25, -0.2) is 0 Å². The molecule has 0 aliphatic carbocycles. The largest absolute Gasteiger partial charge is 0.381 e. The minimum Gasteiger partial charge on any atom is -0.381 e. The third-order valence-corrected chi connectivity index (χ3v) is 5.61. The fourth-order valence-electron chi connectivity index (χ4n) is 3.48. The standard InChI is InChI=1S/C23H23ClN4O3/c1-28-21(26-22(29)16-10-12-31-13-11-16)14-20(27-28)15-6-8-17(9-7-15)25-23(30)18-4-2-3-5-19(18)24/h2-9,14,16H,10-13H2,1H3,(H,25,30)(H,26,29). The van der Waals surface area contributed by atoms with Crippen LogP contribution in [0.15, 0.2) is 54.6 Å². The first-order valence-electron chi connectivity index (χ1n) is 10.1. The highest BCUT2D eigenvalue weighted by Crippen LogP contribution is 2.25. The number of rotatable bonds is 5. The lowest BCUT2D eigenvalue weighted by molar-refractivity contribution is -0.122. The third kappa shape index (κ3) is 4.95. The molecule has 0 unspecified atom stereocenters. The monoisotopic (exact) mass is 438 g/mol. The number of aromatic nitrogens is 2. The predicted octanol–water partition coefficient (Wildman–Crippen LogP) is 4.36. The molecule has 2 amide bonds. The van der Waals surface area contributed by atoms with Gasteiger partial charge in [-0.2, -0.15) is 5.10 Å². The van der Waals surface area contributed by atoms with Crippen LogP contribution in [0.3, 0.4) is 0 Å². The Bertz CT molecular complexity index is 1090. The molecule has 0 spiro atoms. The summed E-state index contributed by atoms with van der Waals surface area (Å²) in [5.74, 6) is 0.334. The van der Waals surface area contributed by atoms with E-state index in [1.165, 1.54) is 0 Å². The molecule has 1 fully saturated rings. The molecule has 0 atom stereocenters. The van der Waals surface area contributed by atoms with Crippen molar-refractivity contribution in [3.63, 3.8) is 0 Å². The van der Waals surface area contributed by atoms with Crippen LogP contribution in [-0.4, -0.2) is 34.8 Å². The quantitative estimate of drug-likeness (QED) is 0.619. The number of nitrogens with zero attached hydrogens (tertiary/aromatic N) is 2. The number of aryl methyl sites for hydroxylation is 1. The molecule has 3 aromatic rings. The van der Waals surface area contributed by atoms with Crippen molar-refractivity contribution in [1.82, 2.24) is 9.78 Å². The van der Waals surface area contributed by atoms with E-state index in [4.69, 9.17) is 16.3 Å². The zero-order valence-corrected chi connectivity index (χ0v) is 17.9. The Morgan fingerprint density at radius 1 is 1.06 bits per heavy atom. The number of anilines is 2. The summed E-state index contributed by atoms with van der Waals surface area (Å²) in [7, 11) is 1.79. The number of nitrogens with one attached hydrogen (secondary N) is 2. The Hall–Kier alpha value is -3.16. The second-order valence-electron chi connectivity index (χ2n) is 7.43. The minimum absolute atomic E-state index is 0.00418. The molecule has 1 aliphatic rings. The van der Waals surface area contributed by atoms with Gasteiger partial charge in [-0.3, -0.25) is 14.3 Å². The van der Waals surface area contributed by atoms with Gasteiger partial charge >= 0.3 is 0 Å². The summed E-state index contributed by atoms with van der Waals surface area (Å²) < 4.78 is 6.97. The van der Waals surface area contributed by atoms with E-state index >= 15 is 0 Å². The fourth-order valence-corrected chi connectivity index (χ4v) is 3.70. The molecule has 160 valence electrons. The lowest BCUT2D eigenvalue weighted by atomic mass is 9.99. The van der Waals surface area contributed by atoms with E-state index < -0.39 is 0 Å². The Morgan fingerprint density at radius 3 is 2.48 bits per heavy atom. The van der Waals surface area contributed by atoms with Crippen molar-refractivity contribution < 1.29 is 14.3 Å². The predicted molar refractivity (Wildman–Crippen MR) is 120 cm³/mol. The molecule has 0 bridgehead atoms. The van der Waals surface area contributed by atoms with E-state index in [1.807, 2.05) is 18.2 Å². The Balaban J connectivity index is 1.43. The number of hydrogen-bond donors (Lipinski definition) is 2. The summed E-state index contributed by atoms with van der Waals surface area (Å²) in [6, 6.07) is 16.1. The second-order valence-corrected chi connectivity index (χ2v) is 7.83. The Kier molecular flexibility index (Phi) is 6.34. The van der Waals surface area contributed by atoms with E-state index in [2.05, 4.69) is 15.7 Å². The van der Waals surface area contributed by atoms with Crippen LogP contribution in [0.5, 0.6) is 0 Å². The van der Waals surface area contributed by atoms with E-state index in [9.17, 15) is 9.59 Å². The molecule has 4 rings (SSSR count). The van der Waals surface area contributed by atoms with Gasteiger partial charge in [-0.1, -0.05) is 35.9 Å². The molecule has 31 heavy (non-hydrogen) atoms. The first-order valence-corrected chi connectivity index (χ1v) is 10.5. The number of carbonyl (C=O) groups is 2. The number of carbonyl (C=O) groups excluding carboxylic acids is 2. The average molecular weight is 439 g/mol. The molecule has 2 N–H and O–H groups in total. The van der Waals surface area contributed by atoms with E-state index in [-0.39, 0.29) is 17.7 Å². The van der Waals surface area contributed by atoms with Gasteiger partial charge in [0.2, 0.25) is 5.91 Å². The van der Waals surface area contributed by atoms with E-state index in [1.54, 1.807) is 48.1 Å². The second kappa shape index (κ2) is 9.32. The van der Waals surface area contributed by atoms with Crippen molar-refractivity contribution >= 4 is 34.9 Å². The van der Waals surface area contributed by atoms with E-state index in [0.29, 0.717) is 35.3 Å². The number of halogens is 1. The fraction of sp³-hybridized carbons (Fsp3) is 0.261. The average Bonchev–Trinajstić information content (AvgIpc) is 3.15. The Labute approximate surface area is 185 Å². The van der Waals surface area contributed by atoms with Gasteiger partial charge in [0.05, 0.1) is 16.3 Å². The molecule has 7 nitrogen and oxygen atoms in total. The molecule has 0 saturated carbocycles. The normalized spacial score (nSPS) is 14.3. The van der Waals surface area contributed by atoms with Crippen molar-refractivity contribution in [3.8, 4) is 11.3 Å². The van der Waals surface area contributed by atoms with Crippen LogP contribution < -0.4 is 10.6 Å². The number of amides is 2. The number of hydrogen-bond acceptors (Lipinski definition) is 4. The zero-order chi connectivity index (χ0) is 21.8. The van der Waals surface area contributed by atoms with Crippen LogP contribution >= 0.6 is 11.6 Å². The smallest absolute Gasteiger partial charge is 0.257 e. The maximum Gasteiger partial charge on any atom is 0.257 e. The third-order valence-electron chi connectivity index (χ3n) is 5.28. The highest BCUT2D eigenvalue weighted by molar-refractivity contribution is 6.34. The van der Waals surface area contributed by atoms with Crippen molar-refractivity contribution in [3.05, 3.63) is 65.2 Å². The summed E-state index contributed by atoms with van der Waals surface area (Å²) in [5, 5.41) is 10.7. The SMILES string of the molecule is Cn1nc(-c2ccc(NC(=O)c3ccccc3Cl)cc2)cc1NC(=O)C1CCOCC1. The topological polar surface area (TPSA) is 85.3 Å². The van der Waals surface area contributed by atoms with Crippen molar-refractivity contribution in [2.24, 2.45) is 13.0 Å². The van der Waals surface area contributed by atoms with E-state index in [0.717, 1.165) is 24.1 Å². The van der Waals surface area contributed by atoms with Crippen molar-refractivity contribution in [2.45, 2.75) is 12.8 Å². The van der Waals surface area contributed by atoms with Crippen LogP contribution in [0.2, 0.25) is 5.02 Å². The molecular weight excluding hydrogens is 416 g/mol. The summed E-state index contributed by atoms with van der Waals surface area (Å²) in [4.78, 5) is 24.9. The van der Waals surface area contributed by atoms with Gasteiger partial charge in [0, 0.05) is 43.5 Å². The molecule has 2 aromatic carbocycles. The molecule has 8 heteroatoms. The van der Waals surface area contributed by atoms with Crippen LogP contribution in [0.1, 0.15) is 23.2 Å². The molecule has 1 aliphatic heterocycles. The van der Waals surface area contributed by atoms with Crippen LogP contribution in [-0.2, 0) is 16.6 Å². The zero-order valence-electron chi connectivity index (χ0n) is 17.1. The molecule has 1 aromatic heterocycles. The lowest BCUT2D eigenvalue weighted by Gasteiger charge is -2.21. The molecule has 2 heterocycles. The van der Waals surface area contributed by atoms with Crippen LogP contribution in [0.4, 0.5) is 11.5 Å². The molecule has 0 radical (unpaired) electrons. The van der Waals surface area contributed by atoms with Gasteiger partial charge in [-0.05, 0) is 37.1 Å². The highest BCUT2D eigenvalue weighted by atomic mass is 35.5. The number of benzene rings is 2. The highest BCUT2D eigenvalue weighted by Gasteiger charge is 2.22. The minimum atomic E-state index is -0.269. The number of ether oxygens (including phenoxy) is 1. The van der Waals surface area contributed by atoms with Crippen molar-refractivity contribution in [2.75, 3.05) is 23.8 Å². The van der Waals surface area contributed by atoms with Gasteiger partial charge in [-0.15, -0.1) is 0 Å². The Morgan fingerprint density at radius 2 is 1.77 bits per heavy atom. The van der Waals surface area contributed by atoms with Crippen LogP contribution in [0.25, 0.3) is 11.3 Å². The summed E-state index contributed by atoms with van der Waals surface area (Å²) in [6.45, 7) is 1.24. The van der Waals surface area contributed by atoms with Gasteiger partial charge in [0.25, 0.3) is 5.91 Å². The molecule has 1 saturated heterocycles. The maximum atomic E-state index is 12.5. The lowest BCUT2D eigenvalue weighted by Crippen LogP contribution is -2.29. The summed E-state index contributed by atoms with van der Waals surface area (Å²) in [5.41, 5.74) is 2.67. The van der Waals surface area contributed by atoms with Gasteiger partial charge in [0.1, 0.15) is 5.82 Å². The first kappa shape index (κ1) is 21.1. The summed E-state index contributed by atoms with van der Waals surface area (Å²) >= 11 is 6.09. The van der Waals surface area contributed by atoms with Gasteiger partial charge < -0.3 is 15.4 Å². The maximum absolute atomic E-state index is 12.5. The molecular formula is C23H23ClN4O3. The van der Waals surface area contributed by atoms with Crippen LogP contribution in [0, 0.1) is 5.92 Å². The first-order chi connectivity index (χ1) is 15.0.